The highest BCUT2D eigenvalue weighted by molar-refractivity contribution is 5.48. The molecule has 1 nitrogen and oxygen atoms in total. The molecule has 0 aromatic heterocycles. The van der Waals surface area contributed by atoms with Crippen molar-refractivity contribution in [2.24, 2.45) is 0 Å². The monoisotopic (exact) mass is 210 g/mol. The maximum atomic E-state index is 10.1. The van der Waals surface area contributed by atoms with Crippen LogP contribution in [-0.4, -0.2) is 6.29 Å². The van der Waals surface area contributed by atoms with E-state index in [1.807, 2.05) is 0 Å². The number of hydrogen-bond donors (Lipinski definition) is 0. The van der Waals surface area contributed by atoms with Gasteiger partial charge < -0.3 is 4.79 Å². The lowest BCUT2D eigenvalue weighted by atomic mass is 10.1. The lowest BCUT2D eigenvalue weighted by Gasteiger charge is -1.97. The second kappa shape index (κ2) is 13.4. The number of unbranched alkanes of at least 4 members (excludes halogenated alkanes) is 8. The lowest BCUT2D eigenvalue weighted by molar-refractivity contribution is -0.107. The van der Waals surface area contributed by atoms with Gasteiger partial charge in [0, 0.05) is 6.42 Å². The fraction of sp³-hybridized carbons (Fsp3) is 0.786. The standard InChI is InChI=1S/C14H26O/c1-2-3-4-5-6-7-8-9-10-11-12-13-14-15/h5-6,14H,2-4,7-13H2,1H3/b6-5+. The molecule has 0 atom stereocenters. The van der Waals surface area contributed by atoms with E-state index in [0.29, 0.717) is 0 Å². The molecule has 0 unspecified atom stereocenters. The quantitative estimate of drug-likeness (QED) is 0.275. The molecule has 0 rings (SSSR count). The van der Waals surface area contributed by atoms with E-state index in [-0.39, 0.29) is 0 Å². The third kappa shape index (κ3) is 13.4. The summed E-state index contributed by atoms with van der Waals surface area (Å²) in [4.78, 5) is 10.1. The second-order valence-electron chi connectivity index (χ2n) is 4.13. The van der Waals surface area contributed by atoms with E-state index in [4.69, 9.17) is 0 Å². The van der Waals surface area contributed by atoms with Crippen molar-refractivity contribution in [3.63, 3.8) is 0 Å². The van der Waals surface area contributed by atoms with Crippen molar-refractivity contribution in [1.29, 1.82) is 0 Å². The molecule has 0 radical (unpaired) electrons. The van der Waals surface area contributed by atoms with Crippen LogP contribution in [0.1, 0.15) is 71.1 Å². The first-order valence-electron chi connectivity index (χ1n) is 6.50. The Kier molecular flexibility index (Phi) is 12.9. The summed E-state index contributed by atoms with van der Waals surface area (Å²) in [6.07, 6.45) is 17.7. The molecule has 0 heterocycles. The SMILES string of the molecule is CCCC/C=C/CCCCCCCC=O. The van der Waals surface area contributed by atoms with Crippen LogP contribution < -0.4 is 0 Å². The zero-order valence-electron chi connectivity index (χ0n) is 10.2. The molecule has 0 aromatic rings. The molecule has 15 heavy (non-hydrogen) atoms. The highest BCUT2D eigenvalue weighted by Crippen LogP contribution is 2.07. The van der Waals surface area contributed by atoms with Crippen LogP contribution in [0.2, 0.25) is 0 Å². The summed E-state index contributed by atoms with van der Waals surface area (Å²) in [6.45, 7) is 2.23. The first kappa shape index (κ1) is 14.4. The first-order valence-corrected chi connectivity index (χ1v) is 6.50. The van der Waals surface area contributed by atoms with Crippen LogP contribution in [0.5, 0.6) is 0 Å². The van der Waals surface area contributed by atoms with Crippen molar-refractivity contribution in [2.75, 3.05) is 0 Å². The summed E-state index contributed by atoms with van der Waals surface area (Å²) in [5, 5.41) is 0. The number of rotatable bonds is 11. The van der Waals surface area contributed by atoms with E-state index >= 15 is 0 Å². The molecule has 0 fully saturated rings. The minimum atomic E-state index is 0.747. The molecule has 1 heteroatoms. The van der Waals surface area contributed by atoms with E-state index in [2.05, 4.69) is 19.1 Å². The Morgan fingerprint density at radius 3 is 1.87 bits per heavy atom. The van der Waals surface area contributed by atoms with Crippen LogP contribution in [0, 0.1) is 0 Å². The van der Waals surface area contributed by atoms with Crippen molar-refractivity contribution in [2.45, 2.75) is 71.1 Å². The minimum absolute atomic E-state index is 0.747. The Hall–Kier alpha value is -0.590. The van der Waals surface area contributed by atoms with Crippen molar-refractivity contribution >= 4 is 6.29 Å². The van der Waals surface area contributed by atoms with Crippen LogP contribution in [0.4, 0.5) is 0 Å². The number of aldehydes is 1. The van der Waals surface area contributed by atoms with E-state index in [9.17, 15) is 4.79 Å². The average Bonchev–Trinajstić information content (AvgIpc) is 2.26. The van der Waals surface area contributed by atoms with Gasteiger partial charge in [-0.2, -0.15) is 0 Å². The van der Waals surface area contributed by atoms with Gasteiger partial charge in [0.25, 0.3) is 0 Å². The molecule has 0 N–H and O–H groups in total. The number of hydrogen-bond acceptors (Lipinski definition) is 1. The molecule has 0 aliphatic rings. The van der Waals surface area contributed by atoms with Crippen molar-refractivity contribution in [1.82, 2.24) is 0 Å². The average molecular weight is 210 g/mol. The van der Waals surface area contributed by atoms with E-state index in [0.717, 1.165) is 19.1 Å². The van der Waals surface area contributed by atoms with Crippen LogP contribution in [0.25, 0.3) is 0 Å². The summed E-state index contributed by atoms with van der Waals surface area (Å²) < 4.78 is 0. The van der Waals surface area contributed by atoms with E-state index < -0.39 is 0 Å². The van der Waals surface area contributed by atoms with Crippen molar-refractivity contribution in [3.8, 4) is 0 Å². The number of allylic oxidation sites excluding steroid dienone is 2. The molecular formula is C14H26O. The topological polar surface area (TPSA) is 17.1 Å². The third-order valence-electron chi connectivity index (χ3n) is 2.58. The van der Waals surface area contributed by atoms with Crippen molar-refractivity contribution in [3.05, 3.63) is 12.2 Å². The Morgan fingerprint density at radius 1 is 0.733 bits per heavy atom. The van der Waals surface area contributed by atoms with Crippen LogP contribution in [0.3, 0.4) is 0 Å². The van der Waals surface area contributed by atoms with Gasteiger partial charge in [0.05, 0.1) is 0 Å². The predicted molar refractivity (Wildman–Crippen MR) is 67.0 cm³/mol. The molecular weight excluding hydrogens is 184 g/mol. The molecule has 0 saturated heterocycles. The van der Waals surface area contributed by atoms with E-state index in [1.54, 1.807) is 0 Å². The van der Waals surface area contributed by atoms with Gasteiger partial charge in [0.2, 0.25) is 0 Å². The van der Waals surface area contributed by atoms with Crippen LogP contribution >= 0.6 is 0 Å². The molecule has 0 aromatic carbocycles. The highest BCUT2D eigenvalue weighted by atomic mass is 16.1. The first-order chi connectivity index (χ1) is 7.41. The molecule has 0 saturated carbocycles. The zero-order chi connectivity index (χ0) is 11.2. The largest absolute Gasteiger partial charge is 0.303 e. The fourth-order valence-electron chi connectivity index (χ4n) is 1.58. The Balaban J connectivity index is 2.97. The Labute approximate surface area is 95.0 Å². The van der Waals surface area contributed by atoms with E-state index in [1.165, 1.54) is 51.4 Å². The summed E-state index contributed by atoms with van der Waals surface area (Å²) in [5.41, 5.74) is 0. The fourth-order valence-corrected chi connectivity index (χ4v) is 1.58. The number of carbonyl (C=O) groups is 1. The molecule has 0 aliphatic heterocycles. The summed E-state index contributed by atoms with van der Waals surface area (Å²) in [5.74, 6) is 0. The van der Waals surface area contributed by atoms with Crippen molar-refractivity contribution < 1.29 is 4.79 Å². The second-order valence-corrected chi connectivity index (χ2v) is 4.13. The van der Waals surface area contributed by atoms with Gasteiger partial charge in [-0.25, -0.2) is 0 Å². The third-order valence-corrected chi connectivity index (χ3v) is 2.58. The maximum Gasteiger partial charge on any atom is 0.119 e. The predicted octanol–water partition coefficient (Wildman–Crippen LogP) is 4.66. The summed E-state index contributed by atoms with van der Waals surface area (Å²) >= 11 is 0. The van der Waals surface area contributed by atoms with Gasteiger partial charge in [0.15, 0.2) is 0 Å². The normalized spacial score (nSPS) is 11.0. The van der Waals surface area contributed by atoms with Gasteiger partial charge in [0.1, 0.15) is 6.29 Å². The highest BCUT2D eigenvalue weighted by Gasteiger charge is 1.89. The Morgan fingerprint density at radius 2 is 1.27 bits per heavy atom. The van der Waals surface area contributed by atoms with Crippen LogP contribution in [0.15, 0.2) is 12.2 Å². The smallest absolute Gasteiger partial charge is 0.119 e. The maximum absolute atomic E-state index is 10.1. The molecule has 88 valence electrons. The van der Waals surface area contributed by atoms with Gasteiger partial charge in [-0.3, -0.25) is 0 Å². The molecule has 0 spiro atoms. The molecule has 0 aliphatic carbocycles. The Bertz CT molecular complexity index is 149. The van der Waals surface area contributed by atoms with Gasteiger partial charge in [-0.1, -0.05) is 51.2 Å². The molecule has 0 bridgehead atoms. The van der Waals surface area contributed by atoms with Gasteiger partial charge in [-0.05, 0) is 25.7 Å². The summed E-state index contributed by atoms with van der Waals surface area (Å²) in [6, 6.07) is 0. The van der Waals surface area contributed by atoms with Crippen LogP contribution in [-0.2, 0) is 4.79 Å². The molecule has 0 amide bonds. The summed E-state index contributed by atoms with van der Waals surface area (Å²) in [7, 11) is 0. The van der Waals surface area contributed by atoms with Gasteiger partial charge >= 0.3 is 0 Å². The minimum Gasteiger partial charge on any atom is -0.303 e. The van der Waals surface area contributed by atoms with Gasteiger partial charge in [-0.15, -0.1) is 0 Å². The zero-order valence-corrected chi connectivity index (χ0v) is 10.2. The lowest BCUT2D eigenvalue weighted by Crippen LogP contribution is -1.80. The number of carbonyl (C=O) groups excluding carboxylic acids is 1.